The summed E-state index contributed by atoms with van der Waals surface area (Å²) in [6, 6.07) is 5.74. The molecule has 0 amide bonds. The Balaban J connectivity index is 2.08. The molecule has 0 aliphatic carbocycles. The van der Waals surface area contributed by atoms with Crippen LogP contribution in [-0.2, 0) is 13.5 Å². The van der Waals surface area contributed by atoms with Gasteiger partial charge in [-0.2, -0.15) is 5.10 Å². The van der Waals surface area contributed by atoms with Gasteiger partial charge in [0.15, 0.2) is 0 Å². The maximum atomic E-state index is 10.3. The van der Waals surface area contributed by atoms with Gasteiger partial charge < -0.3 is 5.11 Å². The lowest BCUT2D eigenvalue weighted by molar-refractivity contribution is 0.167. The van der Waals surface area contributed by atoms with Crippen LogP contribution in [0.2, 0.25) is 5.02 Å². The molecular weight excluding hydrogens is 272 g/mol. The maximum absolute atomic E-state index is 10.3. The minimum Gasteiger partial charge on any atom is -0.388 e. The number of aromatic nitrogens is 2. The topological polar surface area (TPSA) is 38.1 Å². The fraction of sp³-hybridized carbons (Fsp3) is 0.438. The van der Waals surface area contributed by atoms with Crippen LogP contribution >= 0.6 is 11.6 Å². The minimum atomic E-state index is -0.493. The van der Waals surface area contributed by atoms with Crippen LogP contribution in [0.3, 0.4) is 0 Å². The van der Waals surface area contributed by atoms with Crippen molar-refractivity contribution in [3.8, 4) is 0 Å². The molecule has 1 unspecified atom stereocenters. The van der Waals surface area contributed by atoms with Crippen LogP contribution in [0.4, 0.5) is 0 Å². The second-order valence-corrected chi connectivity index (χ2v) is 5.74. The van der Waals surface area contributed by atoms with E-state index in [1.54, 1.807) is 0 Å². The van der Waals surface area contributed by atoms with Gasteiger partial charge in [0.2, 0.25) is 0 Å². The van der Waals surface area contributed by atoms with E-state index in [1.807, 2.05) is 43.8 Å². The monoisotopic (exact) mass is 292 g/mol. The van der Waals surface area contributed by atoms with Gasteiger partial charge in [0, 0.05) is 17.8 Å². The largest absolute Gasteiger partial charge is 0.388 e. The first-order valence-electron chi connectivity index (χ1n) is 6.83. The molecule has 4 heteroatoms. The zero-order chi connectivity index (χ0) is 14.9. The lowest BCUT2D eigenvalue weighted by Gasteiger charge is -2.12. The smallest absolute Gasteiger partial charge is 0.0793 e. The van der Waals surface area contributed by atoms with E-state index >= 15 is 0 Å². The zero-order valence-electron chi connectivity index (χ0n) is 12.4. The first-order chi connectivity index (χ1) is 9.40. The summed E-state index contributed by atoms with van der Waals surface area (Å²) in [6.45, 7) is 6.03. The maximum Gasteiger partial charge on any atom is 0.0793 e. The zero-order valence-corrected chi connectivity index (χ0v) is 13.2. The summed E-state index contributed by atoms with van der Waals surface area (Å²) in [5.74, 6) is 0. The van der Waals surface area contributed by atoms with E-state index in [9.17, 15) is 5.11 Å². The molecule has 2 rings (SSSR count). The summed E-state index contributed by atoms with van der Waals surface area (Å²) in [6.07, 6.45) is 0.998. The van der Waals surface area contributed by atoms with Crippen molar-refractivity contribution in [1.29, 1.82) is 0 Å². The van der Waals surface area contributed by atoms with Gasteiger partial charge in [-0.15, -0.1) is 0 Å². The Morgan fingerprint density at radius 3 is 2.55 bits per heavy atom. The van der Waals surface area contributed by atoms with Crippen LogP contribution in [0, 0.1) is 20.8 Å². The number of halogens is 1. The summed E-state index contributed by atoms with van der Waals surface area (Å²) in [5, 5.41) is 15.4. The molecule has 0 spiro atoms. The van der Waals surface area contributed by atoms with Gasteiger partial charge >= 0.3 is 0 Å². The van der Waals surface area contributed by atoms with Gasteiger partial charge in [-0.25, -0.2) is 0 Å². The lowest BCUT2D eigenvalue weighted by atomic mass is 9.99. The number of aliphatic hydroxyl groups is 1. The second kappa shape index (κ2) is 5.98. The van der Waals surface area contributed by atoms with E-state index in [0.29, 0.717) is 11.4 Å². The predicted octanol–water partition coefficient (Wildman–Crippen LogP) is 3.66. The van der Waals surface area contributed by atoms with Crippen molar-refractivity contribution in [3.05, 3.63) is 51.3 Å². The minimum absolute atomic E-state index is 0.493. The molecule has 0 aliphatic heterocycles. The standard InChI is InChI=1S/C16H21ClN2O/c1-10-5-6-13(9-15(10)17)16(20)8-7-14-11(2)18-19(4)12(14)3/h5-6,9,16,20H,7-8H2,1-4H3. The first kappa shape index (κ1) is 15.1. The average Bonchev–Trinajstić information content (AvgIpc) is 2.64. The summed E-state index contributed by atoms with van der Waals surface area (Å²) < 4.78 is 1.89. The van der Waals surface area contributed by atoms with Crippen LogP contribution in [0.5, 0.6) is 0 Å². The molecule has 1 aromatic heterocycles. The quantitative estimate of drug-likeness (QED) is 0.934. The Bertz CT molecular complexity index is 619. The van der Waals surface area contributed by atoms with Gasteiger partial charge in [-0.3, -0.25) is 4.68 Å². The van der Waals surface area contributed by atoms with E-state index in [0.717, 1.165) is 28.9 Å². The van der Waals surface area contributed by atoms with Crippen LogP contribution in [0.15, 0.2) is 18.2 Å². The molecule has 0 aliphatic rings. The number of benzene rings is 1. The molecule has 0 radical (unpaired) electrons. The molecular formula is C16H21ClN2O. The summed E-state index contributed by atoms with van der Waals surface area (Å²) in [7, 11) is 1.95. The molecule has 1 aromatic carbocycles. The van der Waals surface area contributed by atoms with E-state index in [1.165, 1.54) is 5.56 Å². The van der Waals surface area contributed by atoms with Gasteiger partial charge in [-0.1, -0.05) is 23.7 Å². The Kier molecular flexibility index (Phi) is 4.51. The highest BCUT2D eigenvalue weighted by Crippen LogP contribution is 2.25. The van der Waals surface area contributed by atoms with Crippen LogP contribution in [0.1, 0.15) is 40.6 Å². The molecule has 0 fully saturated rings. The van der Waals surface area contributed by atoms with Gasteiger partial charge in [0.1, 0.15) is 0 Å². The Morgan fingerprint density at radius 1 is 1.30 bits per heavy atom. The lowest BCUT2D eigenvalue weighted by Crippen LogP contribution is -2.01. The number of hydrogen-bond acceptors (Lipinski definition) is 2. The molecule has 0 bridgehead atoms. The molecule has 1 atom stereocenters. The van der Waals surface area contributed by atoms with Crippen LogP contribution in [-0.4, -0.2) is 14.9 Å². The van der Waals surface area contributed by atoms with Crippen molar-refractivity contribution in [1.82, 2.24) is 9.78 Å². The van der Waals surface area contributed by atoms with Crippen LogP contribution in [0.25, 0.3) is 0 Å². The van der Waals surface area contributed by atoms with Crippen molar-refractivity contribution in [2.45, 2.75) is 39.7 Å². The summed E-state index contributed by atoms with van der Waals surface area (Å²) in [5.41, 5.74) is 5.34. The molecule has 3 nitrogen and oxygen atoms in total. The Hall–Kier alpha value is -1.32. The van der Waals surface area contributed by atoms with E-state index in [2.05, 4.69) is 12.0 Å². The van der Waals surface area contributed by atoms with Crippen molar-refractivity contribution < 1.29 is 5.11 Å². The van der Waals surface area contributed by atoms with Crippen molar-refractivity contribution in [2.75, 3.05) is 0 Å². The number of aliphatic hydroxyl groups excluding tert-OH is 1. The van der Waals surface area contributed by atoms with Gasteiger partial charge in [0.25, 0.3) is 0 Å². The normalized spacial score (nSPS) is 12.7. The first-order valence-corrected chi connectivity index (χ1v) is 7.21. The third-order valence-corrected chi connectivity index (χ3v) is 4.31. The predicted molar refractivity (Wildman–Crippen MR) is 82.2 cm³/mol. The Morgan fingerprint density at radius 2 is 2.00 bits per heavy atom. The van der Waals surface area contributed by atoms with Crippen molar-refractivity contribution in [3.63, 3.8) is 0 Å². The number of nitrogens with zero attached hydrogens (tertiary/aromatic N) is 2. The van der Waals surface area contributed by atoms with Gasteiger partial charge in [-0.05, 0) is 56.4 Å². The third-order valence-electron chi connectivity index (χ3n) is 3.91. The summed E-state index contributed by atoms with van der Waals surface area (Å²) in [4.78, 5) is 0. The highest BCUT2D eigenvalue weighted by molar-refractivity contribution is 6.31. The SMILES string of the molecule is Cc1ccc(C(O)CCc2c(C)nn(C)c2C)cc1Cl. The fourth-order valence-corrected chi connectivity index (χ4v) is 2.63. The molecule has 1 N–H and O–H groups in total. The highest BCUT2D eigenvalue weighted by Gasteiger charge is 2.13. The number of hydrogen-bond donors (Lipinski definition) is 1. The molecule has 0 saturated carbocycles. The third kappa shape index (κ3) is 3.05. The van der Waals surface area contributed by atoms with E-state index < -0.39 is 6.10 Å². The molecule has 0 saturated heterocycles. The van der Waals surface area contributed by atoms with E-state index in [-0.39, 0.29) is 0 Å². The second-order valence-electron chi connectivity index (χ2n) is 5.34. The van der Waals surface area contributed by atoms with Crippen molar-refractivity contribution >= 4 is 11.6 Å². The number of rotatable bonds is 4. The molecule has 108 valence electrons. The molecule has 1 heterocycles. The van der Waals surface area contributed by atoms with Crippen molar-refractivity contribution in [2.24, 2.45) is 7.05 Å². The highest BCUT2D eigenvalue weighted by atomic mass is 35.5. The van der Waals surface area contributed by atoms with Crippen LogP contribution < -0.4 is 0 Å². The molecule has 2 aromatic rings. The van der Waals surface area contributed by atoms with Gasteiger partial charge in [0.05, 0.1) is 11.8 Å². The van der Waals surface area contributed by atoms with E-state index in [4.69, 9.17) is 11.6 Å². The fourth-order valence-electron chi connectivity index (χ4n) is 2.44. The Labute approximate surface area is 125 Å². The summed E-state index contributed by atoms with van der Waals surface area (Å²) >= 11 is 6.10. The number of aryl methyl sites for hydroxylation is 3. The average molecular weight is 293 g/mol. The molecule has 20 heavy (non-hydrogen) atoms.